The second kappa shape index (κ2) is 4.73. The van der Waals surface area contributed by atoms with Gasteiger partial charge >= 0.3 is 29.6 Å². The maximum Gasteiger partial charge on any atom is 1.00 e. The Labute approximate surface area is 115 Å². The fraction of sp³-hybridized carbons (Fsp3) is 0. The van der Waals surface area contributed by atoms with Gasteiger partial charge in [-0.15, -0.1) is 5.75 Å². The van der Waals surface area contributed by atoms with Crippen molar-refractivity contribution < 1.29 is 47.6 Å². The molecule has 0 saturated heterocycles. The summed E-state index contributed by atoms with van der Waals surface area (Å²) >= 11 is 0. The Hall–Kier alpha value is -0.590. The van der Waals surface area contributed by atoms with E-state index in [9.17, 15) is 13.5 Å². The van der Waals surface area contributed by atoms with E-state index in [4.69, 9.17) is 4.55 Å². The molecule has 0 spiro atoms. The Morgan fingerprint density at radius 3 is 2.25 bits per heavy atom. The summed E-state index contributed by atoms with van der Waals surface area (Å²) in [5, 5.41) is 12.3. The molecule has 0 bridgehead atoms. The van der Waals surface area contributed by atoms with Crippen LogP contribution >= 0.6 is 0 Å². The molecule has 16 heavy (non-hydrogen) atoms. The van der Waals surface area contributed by atoms with Gasteiger partial charge in [0.15, 0.2) is 0 Å². The number of benzene rings is 2. The largest absolute Gasteiger partial charge is 1.00 e. The maximum atomic E-state index is 11.0. The van der Waals surface area contributed by atoms with Crippen LogP contribution in [0.15, 0.2) is 41.3 Å². The third kappa shape index (κ3) is 2.75. The molecule has 2 aromatic carbocycles. The van der Waals surface area contributed by atoms with Gasteiger partial charge in [-0.3, -0.25) is 4.55 Å². The Bertz CT molecular complexity index is 622. The molecule has 0 unspecified atom stereocenters. The van der Waals surface area contributed by atoms with Crippen molar-refractivity contribution in [3.05, 3.63) is 36.4 Å². The van der Waals surface area contributed by atoms with Gasteiger partial charge in [-0.25, -0.2) is 0 Å². The third-order valence-corrected chi connectivity index (χ3v) is 2.93. The van der Waals surface area contributed by atoms with Gasteiger partial charge in [0.1, 0.15) is 0 Å². The fourth-order valence-electron chi connectivity index (χ4n) is 1.36. The van der Waals surface area contributed by atoms with E-state index >= 15 is 0 Å². The molecular formula is C10H7NaO4S. The molecule has 0 aliphatic heterocycles. The first-order chi connectivity index (χ1) is 6.97. The van der Waals surface area contributed by atoms with Crippen LogP contribution in [0.1, 0.15) is 0 Å². The second-order valence-corrected chi connectivity index (χ2v) is 4.57. The molecule has 0 saturated carbocycles. The molecule has 0 heterocycles. The van der Waals surface area contributed by atoms with Crippen LogP contribution in [0.3, 0.4) is 0 Å². The Balaban J connectivity index is 0.00000128. The summed E-state index contributed by atoms with van der Waals surface area (Å²) in [4.78, 5) is -0.208. The van der Waals surface area contributed by atoms with Gasteiger partial charge in [0, 0.05) is 0 Å². The van der Waals surface area contributed by atoms with E-state index in [0.717, 1.165) is 5.39 Å². The topological polar surface area (TPSA) is 77.4 Å². The van der Waals surface area contributed by atoms with Crippen molar-refractivity contribution in [2.24, 2.45) is 0 Å². The molecule has 2 rings (SSSR count). The van der Waals surface area contributed by atoms with Crippen LogP contribution in [0, 0.1) is 0 Å². The van der Waals surface area contributed by atoms with Crippen molar-refractivity contribution in [1.29, 1.82) is 0 Å². The quantitative estimate of drug-likeness (QED) is 0.474. The predicted octanol–water partition coefficient (Wildman–Crippen LogP) is -1.84. The average Bonchev–Trinajstić information content (AvgIpc) is 2.15. The van der Waals surface area contributed by atoms with E-state index in [1.54, 1.807) is 6.07 Å². The first-order valence-corrected chi connectivity index (χ1v) is 5.59. The van der Waals surface area contributed by atoms with Crippen molar-refractivity contribution in [3.63, 3.8) is 0 Å². The zero-order valence-corrected chi connectivity index (χ0v) is 11.4. The first-order valence-electron chi connectivity index (χ1n) is 4.15. The van der Waals surface area contributed by atoms with Crippen LogP contribution in [-0.2, 0) is 10.1 Å². The van der Waals surface area contributed by atoms with Crippen LogP contribution in [-0.4, -0.2) is 13.0 Å². The van der Waals surface area contributed by atoms with Crippen LogP contribution < -0.4 is 34.7 Å². The van der Waals surface area contributed by atoms with Crippen LogP contribution in [0.5, 0.6) is 5.75 Å². The minimum absolute atomic E-state index is 0. The molecule has 0 aliphatic rings. The molecule has 1 N–H and O–H groups in total. The van der Waals surface area contributed by atoms with Crippen LogP contribution in [0.25, 0.3) is 10.8 Å². The molecule has 0 fully saturated rings. The van der Waals surface area contributed by atoms with E-state index in [-0.39, 0.29) is 40.2 Å². The summed E-state index contributed by atoms with van der Waals surface area (Å²) in [5.41, 5.74) is 0. The molecule has 0 radical (unpaired) electrons. The standard InChI is InChI=1S/C10H8O4S.Na/c11-9-3-1-7-2-4-10(15(12,13)14)6-8(7)5-9;/h1-6,11H,(H,12,13,14);/q;+1/p-1. The molecule has 4 nitrogen and oxygen atoms in total. The number of hydrogen-bond donors (Lipinski definition) is 1. The molecular weight excluding hydrogens is 239 g/mol. The van der Waals surface area contributed by atoms with Gasteiger partial charge in [-0.2, -0.15) is 8.42 Å². The fourth-order valence-corrected chi connectivity index (χ4v) is 1.88. The van der Waals surface area contributed by atoms with E-state index in [2.05, 4.69) is 0 Å². The van der Waals surface area contributed by atoms with Gasteiger partial charge in [0.25, 0.3) is 10.1 Å². The molecule has 0 atom stereocenters. The predicted molar refractivity (Wildman–Crippen MR) is 53.2 cm³/mol. The summed E-state index contributed by atoms with van der Waals surface area (Å²) in [6.07, 6.45) is 0. The second-order valence-electron chi connectivity index (χ2n) is 3.15. The minimum Gasteiger partial charge on any atom is -0.872 e. The smallest absolute Gasteiger partial charge is 0.872 e. The number of fused-ring (bicyclic) bond motifs is 1. The van der Waals surface area contributed by atoms with Gasteiger partial charge < -0.3 is 5.11 Å². The SMILES string of the molecule is O=S(=O)(O)c1ccc2ccc([O-])cc2c1.[Na+]. The average molecular weight is 246 g/mol. The monoisotopic (exact) mass is 246 g/mol. The maximum absolute atomic E-state index is 11.0. The number of hydrogen-bond acceptors (Lipinski definition) is 3. The zero-order valence-electron chi connectivity index (χ0n) is 8.54. The Morgan fingerprint density at radius 1 is 1.00 bits per heavy atom. The first kappa shape index (κ1) is 13.5. The van der Waals surface area contributed by atoms with Crippen molar-refractivity contribution >= 4 is 20.9 Å². The molecule has 0 amide bonds. The normalized spacial score (nSPS) is 11.1. The van der Waals surface area contributed by atoms with Crippen LogP contribution in [0.4, 0.5) is 0 Å². The Kier molecular flexibility index (Phi) is 3.98. The van der Waals surface area contributed by atoms with Crippen molar-refractivity contribution in [2.45, 2.75) is 4.90 Å². The van der Waals surface area contributed by atoms with E-state index < -0.39 is 10.1 Å². The molecule has 78 valence electrons. The Morgan fingerprint density at radius 2 is 1.62 bits per heavy atom. The van der Waals surface area contributed by atoms with E-state index in [1.807, 2.05) is 0 Å². The summed E-state index contributed by atoms with van der Waals surface area (Å²) in [5.74, 6) is -0.199. The molecule has 0 aliphatic carbocycles. The third-order valence-electron chi connectivity index (χ3n) is 2.08. The van der Waals surface area contributed by atoms with Gasteiger partial charge in [0.05, 0.1) is 4.90 Å². The van der Waals surface area contributed by atoms with Crippen molar-refractivity contribution in [3.8, 4) is 5.75 Å². The summed E-state index contributed by atoms with van der Waals surface area (Å²) < 4.78 is 30.5. The van der Waals surface area contributed by atoms with Gasteiger partial charge in [0.2, 0.25) is 0 Å². The van der Waals surface area contributed by atoms with E-state index in [0.29, 0.717) is 5.39 Å². The zero-order chi connectivity index (χ0) is 11.1. The molecule has 2 aromatic rings. The summed E-state index contributed by atoms with van der Waals surface area (Å²) in [6, 6.07) is 8.43. The molecule has 0 aromatic heterocycles. The molecule has 6 heteroatoms. The number of rotatable bonds is 1. The van der Waals surface area contributed by atoms with E-state index in [1.165, 1.54) is 30.3 Å². The van der Waals surface area contributed by atoms with Crippen molar-refractivity contribution in [1.82, 2.24) is 0 Å². The van der Waals surface area contributed by atoms with Crippen LogP contribution in [0.2, 0.25) is 0 Å². The van der Waals surface area contributed by atoms with Gasteiger partial charge in [-0.1, -0.05) is 24.3 Å². The van der Waals surface area contributed by atoms with Crippen molar-refractivity contribution in [2.75, 3.05) is 0 Å². The van der Waals surface area contributed by atoms with Gasteiger partial charge in [-0.05, 0) is 22.9 Å². The summed E-state index contributed by atoms with van der Waals surface area (Å²) in [6.45, 7) is 0. The summed E-state index contributed by atoms with van der Waals surface area (Å²) in [7, 11) is -4.21. The minimum atomic E-state index is -4.21.